The normalized spacial score (nSPS) is 14.8. The van der Waals surface area contributed by atoms with E-state index in [0.29, 0.717) is 17.7 Å². The van der Waals surface area contributed by atoms with E-state index in [0.717, 1.165) is 43.9 Å². The van der Waals surface area contributed by atoms with E-state index < -0.39 is 0 Å². The lowest BCUT2D eigenvalue weighted by atomic mass is 10.1. The molecule has 0 bridgehead atoms. The quantitative estimate of drug-likeness (QED) is 0.882. The van der Waals surface area contributed by atoms with Crippen LogP contribution in [-0.2, 0) is 0 Å². The molecule has 3 rings (SSSR count). The van der Waals surface area contributed by atoms with Gasteiger partial charge in [-0.3, -0.25) is 14.6 Å². The molecule has 1 fully saturated rings. The highest BCUT2D eigenvalue weighted by molar-refractivity contribution is 5.96. The molecule has 27 heavy (non-hydrogen) atoms. The van der Waals surface area contributed by atoms with Gasteiger partial charge < -0.3 is 15.1 Å². The van der Waals surface area contributed by atoms with Crippen LogP contribution in [0.1, 0.15) is 34.1 Å². The summed E-state index contributed by atoms with van der Waals surface area (Å²) in [6, 6.07) is 10.9. The van der Waals surface area contributed by atoms with Gasteiger partial charge in [-0.15, -0.1) is 0 Å². The van der Waals surface area contributed by atoms with Gasteiger partial charge in [0.15, 0.2) is 0 Å². The number of nitrogens with zero attached hydrogens (tertiary/aromatic N) is 3. The summed E-state index contributed by atoms with van der Waals surface area (Å²) in [7, 11) is 2.07. The van der Waals surface area contributed by atoms with Gasteiger partial charge in [0.1, 0.15) is 0 Å². The second kappa shape index (κ2) is 8.77. The van der Waals surface area contributed by atoms with Crippen molar-refractivity contribution in [3.63, 3.8) is 0 Å². The minimum Gasteiger partial charge on any atom is -0.352 e. The third kappa shape index (κ3) is 4.71. The molecule has 2 heterocycles. The van der Waals surface area contributed by atoms with E-state index in [4.69, 9.17) is 0 Å². The zero-order chi connectivity index (χ0) is 19.2. The number of piperazine rings is 1. The molecule has 1 aromatic carbocycles. The lowest BCUT2D eigenvalue weighted by molar-refractivity contribution is 0.0664. The van der Waals surface area contributed by atoms with Crippen molar-refractivity contribution < 1.29 is 9.59 Å². The Morgan fingerprint density at radius 3 is 2.41 bits per heavy atom. The number of amides is 2. The van der Waals surface area contributed by atoms with E-state index in [1.807, 2.05) is 36.1 Å². The fraction of sp³-hybridized carbons (Fsp3) is 0.381. The average molecular weight is 366 g/mol. The van der Waals surface area contributed by atoms with E-state index in [1.54, 1.807) is 18.3 Å². The second-order valence-corrected chi connectivity index (χ2v) is 6.86. The van der Waals surface area contributed by atoms with Gasteiger partial charge in [0.25, 0.3) is 11.8 Å². The van der Waals surface area contributed by atoms with Gasteiger partial charge in [0.05, 0.1) is 5.69 Å². The second-order valence-electron chi connectivity index (χ2n) is 6.86. The number of hydrogen-bond acceptors (Lipinski definition) is 4. The van der Waals surface area contributed by atoms with E-state index >= 15 is 0 Å². The number of hydrogen-bond donors (Lipinski definition) is 1. The number of nitrogens with one attached hydrogen (secondary N) is 1. The summed E-state index contributed by atoms with van der Waals surface area (Å²) in [5, 5.41) is 2.87. The van der Waals surface area contributed by atoms with Crippen LogP contribution in [0.15, 0.2) is 42.6 Å². The first kappa shape index (κ1) is 19.0. The molecule has 2 aromatic rings. The minimum absolute atomic E-state index is 0.0651. The maximum atomic E-state index is 12.6. The van der Waals surface area contributed by atoms with Gasteiger partial charge in [0, 0.05) is 55.6 Å². The lowest BCUT2D eigenvalue weighted by Gasteiger charge is -2.32. The molecule has 0 radical (unpaired) electrons. The predicted molar refractivity (Wildman–Crippen MR) is 106 cm³/mol. The summed E-state index contributed by atoms with van der Waals surface area (Å²) < 4.78 is 0. The van der Waals surface area contributed by atoms with E-state index in [-0.39, 0.29) is 11.8 Å². The average Bonchev–Trinajstić information content (AvgIpc) is 2.72. The maximum absolute atomic E-state index is 12.6. The Labute approximate surface area is 160 Å². The number of pyridine rings is 1. The molecular weight excluding hydrogens is 340 g/mol. The van der Waals surface area contributed by atoms with Crippen LogP contribution in [0.25, 0.3) is 11.3 Å². The summed E-state index contributed by atoms with van der Waals surface area (Å²) in [5.74, 6) is -0.0299. The van der Waals surface area contributed by atoms with Crippen molar-refractivity contribution in [3.8, 4) is 11.3 Å². The molecule has 0 saturated carbocycles. The van der Waals surface area contributed by atoms with Crippen molar-refractivity contribution in [3.05, 3.63) is 53.7 Å². The van der Waals surface area contributed by atoms with Crippen LogP contribution in [0.3, 0.4) is 0 Å². The van der Waals surface area contributed by atoms with Crippen LogP contribution in [-0.4, -0.2) is 66.4 Å². The molecule has 1 N–H and O–H groups in total. The number of carbonyl (C=O) groups is 2. The van der Waals surface area contributed by atoms with Crippen LogP contribution >= 0.6 is 0 Å². The zero-order valence-electron chi connectivity index (χ0n) is 15.9. The predicted octanol–water partition coefficient (Wildman–Crippen LogP) is 2.28. The highest BCUT2D eigenvalue weighted by atomic mass is 16.2. The number of benzene rings is 1. The largest absolute Gasteiger partial charge is 0.352 e. The fourth-order valence-electron chi connectivity index (χ4n) is 3.05. The Morgan fingerprint density at radius 1 is 1.04 bits per heavy atom. The number of carbonyl (C=O) groups excluding carboxylic acids is 2. The van der Waals surface area contributed by atoms with Crippen molar-refractivity contribution in [2.75, 3.05) is 39.8 Å². The van der Waals surface area contributed by atoms with Crippen molar-refractivity contribution in [1.82, 2.24) is 20.1 Å². The summed E-state index contributed by atoms with van der Waals surface area (Å²) in [6.45, 7) is 5.99. The van der Waals surface area contributed by atoms with Crippen LogP contribution in [0.5, 0.6) is 0 Å². The third-order valence-electron chi connectivity index (χ3n) is 4.78. The van der Waals surface area contributed by atoms with E-state index in [9.17, 15) is 9.59 Å². The van der Waals surface area contributed by atoms with Gasteiger partial charge in [-0.25, -0.2) is 0 Å². The van der Waals surface area contributed by atoms with E-state index in [2.05, 4.69) is 22.2 Å². The molecule has 0 spiro atoms. The highest BCUT2D eigenvalue weighted by Gasteiger charge is 2.20. The molecule has 6 nitrogen and oxygen atoms in total. The summed E-state index contributed by atoms with van der Waals surface area (Å²) in [6.07, 6.45) is 2.53. The Morgan fingerprint density at radius 2 is 1.74 bits per heavy atom. The Balaban J connectivity index is 1.72. The fourth-order valence-corrected chi connectivity index (χ4v) is 3.05. The molecule has 1 saturated heterocycles. The number of likely N-dealkylation sites (N-methyl/N-ethyl adjacent to an activating group) is 1. The molecule has 0 atom stereocenters. The topological polar surface area (TPSA) is 65.5 Å². The molecule has 2 amide bonds. The Kier molecular flexibility index (Phi) is 6.19. The van der Waals surface area contributed by atoms with Crippen LogP contribution in [0.4, 0.5) is 0 Å². The number of rotatable bonds is 5. The SMILES string of the molecule is CCCNC(=O)c1ccnc(-c2ccc(C(=O)N3CCN(C)CC3)cc2)c1. The van der Waals surface area contributed by atoms with Crippen LogP contribution < -0.4 is 5.32 Å². The molecule has 1 aromatic heterocycles. The standard InChI is InChI=1S/C21H26N4O2/c1-3-9-23-20(26)18-8-10-22-19(15-18)16-4-6-17(7-5-16)21(27)25-13-11-24(2)12-14-25/h4-8,10,15H,3,9,11-14H2,1-2H3,(H,23,26). The minimum atomic E-state index is -0.0950. The molecule has 142 valence electrons. The Hall–Kier alpha value is -2.73. The maximum Gasteiger partial charge on any atom is 0.253 e. The van der Waals surface area contributed by atoms with Crippen molar-refractivity contribution in [2.45, 2.75) is 13.3 Å². The zero-order valence-corrected chi connectivity index (χ0v) is 15.9. The van der Waals surface area contributed by atoms with Gasteiger partial charge in [0.2, 0.25) is 0 Å². The van der Waals surface area contributed by atoms with Crippen molar-refractivity contribution >= 4 is 11.8 Å². The molecule has 0 aliphatic carbocycles. The molecule has 1 aliphatic heterocycles. The highest BCUT2D eigenvalue weighted by Crippen LogP contribution is 2.19. The Bertz CT molecular complexity index is 796. The molecule has 6 heteroatoms. The summed E-state index contributed by atoms with van der Waals surface area (Å²) in [4.78, 5) is 33.3. The molecule has 0 unspecified atom stereocenters. The first-order valence-electron chi connectivity index (χ1n) is 9.41. The molecular formula is C21H26N4O2. The summed E-state index contributed by atoms with van der Waals surface area (Å²) in [5.41, 5.74) is 2.87. The van der Waals surface area contributed by atoms with Crippen LogP contribution in [0.2, 0.25) is 0 Å². The van der Waals surface area contributed by atoms with Gasteiger partial charge >= 0.3 is 0 Å². The monoisotopic (exact) mass is 366 g/mol. The van der Waals surface area contributed by atoms with Gasteiger partial charge in [-0.1, -0.05) is 19.1 Å². The van der Waals surface area contributed by atoms with Crippen LogP contribution in [0, 0.1) is 0 Å². The third-order valence-corrected chi connectivity index (χ3v) is 4.78. The van der Waals surface area contributed by atoms with Crippen molar-refractivity contribution in [1.29, 1.82) is 0 Å². The smallest absolute Gasteiger partial charge is 0.253 e. The van der Waals surface area contributed by atoms with Gasteiger partial charge in [-0.2, -0.15) is 0 Å². The summed E-state index contributed by atoms with van der Waals surface area (Å²) >= 11 is 0. The first-order chi connectivity index (χ1) is 13.1. The lowest BCUT2D eigenvalue weighted by Crippen LogP contribution is -2.47. The van der Waals surface area contributed by atoms with Crippen molar-refractivity contribution in [2.24, 2.45) is 0 Å². The number of aromatic nitrogens is 1. The molecule has 1 aliphatic rings. The van der Waals surface area contributed by atoms with E-state index in [1.165, 1.54) is 0 Å². The van der Waals surface area contributed by atoms with Gasteiger partial charge in [-0.05, 0) is 37.7 Å². The first-order valence-corrected chi connectivity index (χ1v) is 9.41.